The predicted octanol–water partition coefficient (Wildman–Crippen LogP) is 1.46. The number of carbonyl (C=O) groups is 3. The standard InChI is InChI=1S/C26H27N7O4S/c1-3-11-32(26(36)28-12-17-7-9-19(37-2)10-8-17)33-16-23(35)31-15-22(34)30(14-21(31)33)13-18-5-4-6-20-24(18)29-25(27)38-20/h1,4-10,21H,11-16H2,2H3,(H2,27,29)(H,28,36)/t21-/m0/s1. The Bertz CT molecular complexity index is 1420. The molecule has 1 aromatic heterocycles. The molecule has 38 heavy (non-hydrogen) atoms. The van der Waals surface area contributed by atoms with Crippen molar-refractivity contribution in [2.75, 3.05) is 39.0 Å². The summed E-state index contributed by atoms with van der Waals surface area (Å²) in [5, 5.41) is 6.34. The summed E-state index contributed by atoms with van der Waals surface area (Å²) in [7, 11) is 1.59. The van der Waals surface area contributed by atoms with E-state index in [1.807, 2.05) is 42.5 Å². The monoisotopic (exact) mass is 533 g/mol. The average molecular weight is 534 g/mol. The highest BCUT2D eigenvalue weighted by atomic mass is 32.1. The summed E-state index contributed by atoms with van der Waals surface area (Å²) in [5.74, 6) is 2.82. The lowest BCUT2D eigenvalue weighted by molar-refractivity contribution is -0.149. The molecule has 11 nitrogen and oxygen atoms in total. The van der Waals surface area contributed by atoms with Gasteiger partial charge in [0.05, 0.1) is 37.0 Å². The van der Waals surface area contributed by atoms with Gasteiger partial charge in [-0.05, 0) is 29.3 Å². The average Bonchev–Trinajstić information content (AvgIpc) is 3.45. The van der Waals surface area contributed by atoms with Crippen molar-refractivity contribution < 1.29 is 19.1 Å². The Hall–Kier alpha value is -4.34. The van der Waals surface area contributed by atoms with Gasteiger partial charge in [-0.3, -0.25) is 9.59 Å². The minimum absolute atomic E-state index is 0.0303. The molecule has 0 unspecified atom stereocenters. The number of terminal acetylenes is 1. The number of aromatic nitrogens is 1. The molecule has 12 heteroatoms. The van der Waals surface area contributed by atoms with Crippen molar-refractivity contribution in [3.05, 3.63) is 53.6 Å². The maximum absolute atomic E-state index is 13.2. The normalized spacial score (nSPS) is 17.4. The van der Waals surface area contributed by atoms with Crippen LogP contribution in [0.3, 0.4) is 0 Å². The number of rotatable bonds is 7. The van der Waals surface area contributed by atoms with E-state index < -0.39 is 12.2 Å². The zero-order valence-corrected chi connectivity index (χ0v) is 21.6. The molecule has 2 aliphatic heterocycles. The molecule has 3 N–H and O–H groups in total. The van der Waals surface area contributed by atoms with E-state index in [1.165, 1.54) is 21.2 Å². The largest absolute Gasteiger partial charge is 0.497 e. The number of urea groups is 1. The molecule has 2 fully saturated rings. The molecule has 196 valence electrons. The highest BCUT2D eigenvalue weighted by Gasteiger charge is 2.47. The third-order valence-corrected chi connectivity index (χ3v) is 7.48. The van der Waals surface area contributed by atoms with E-state index in [4.69, 9.17) is 16.9 Å². The van der Waals surface area contributed by atoms with Crippen LogP contribution in [0.2, 0.25) is 0 Å². The number of nitrogens with one attached hydrogen (secondary N) is 1. The van der Waals surface area contributed by atoms with Gasteiger partial charge < -0.3 is 25.6 Å². The topological polar surface area (TPSA) is 124 Å². The van der Waals surface area contributed by atoms with Gasteiger partial charge in [0.1, 0.15) is 18.5 Å². The van der Waals surface area contributed by atoms with Crippen LogP contribution in [0.25, 0.3) is 10.2 Å². The number of anilines is 1. The molecule has 0 bridgehead atoms. The van der Waals surface area contributed by atoms with E-state index in [1.54, 1.807) is 17.0 Å². The molecule has 4 amide bonds. The maximum Gasteiger partial charge on any atom is 0.333 e. The second-order valence-corrected chi connectivity index (χ2v) is 10.0. The van der Waals surface area contributed by atoms with Crippen LogP contribution in [-0.2, 0) is 22.7 Å². The number of hydrogen-bond acceptors (Lipinski definition) is 8. The Morgan fingerprint density at radius 3 is 2.76 bits per heavy atom. The molecular formula is C26H27N7O4S. The van der Waals surface area contributed by atoms with Crippen molar-refractivity contribution in [1.82, 2.24) is 30.1 Å². The molecule has 5 rings (SSSR count). The quantitative estimate of drug-likeness (QED) is 0.441. The second-order valence-electron chi connectivity index (χ2n) is 8.96. The first kappa shape index (κ1) is 25.3. The molecule has 0 aliphatic carbocycles. The third kappa shape index (κ3) is 4.93. The Morgan fingerprint density at radius 1 is 1.24 bits per heavy atom. The number of methoxy groups -OCH3 is 1. The fourth-order valence-corrected chi connectivity index (χ4v) is 5.51. The van der Waals surface area contributed by atoms with Crippen LogP contribution >= 0.6 is 11.3 Å². The van der Waals surface area contributed by atoms with E-state index in [-0.39, 0.29) is 44.5 Å². The predicted molar refractivity (Wildman–Crippen MR) is 142 cm³/mol. The molecule has 3 aromatic rings. The highest BCUT2D eigenvalue weighted by molar-refractivity contribution is 7.22. The van der Waals surface area contributed by atoms with Gasteiger partial charge in [-0.15, -0.1) is 6.42 Å². The number of fused-ring (bicyclic) bond motifs is 2. The van der Waals surface area contributed by atoms with Gasteiger partial charge in [0.2, 0.25) is 11.8 Å². The number of thiazole rings is 1. The smallest absolute Gasteiger partial charge is 0.333 e. The van der Waals surface area contributed by atoms with Crippen molar-refractivity contribution in [3.8, 4) is 18.1 Å². The van der Waals surface area contributed by atoms with Crippen molar-refractivity contribution >= 4 is 44.5 Å². The third-order valence-electron chi connectivity index (χ3n) is 6.63. The number of para-hydroxylation sites is 1. The molecule has 1 atom stereocenters. The van der Waals surface area contributed by atoms with Crippen molar-refractivity contribution in [1.29, 1.82) is 0 Å². The highest BCUT2D eigenvalue weighted by Crippen LogP contribution is 2.29. The SMILES string of the molecule is C#CCN(C(=O)NCc1ccc(OC)cc1)N1CC(=O)N2CC(=O)N(Cc3cccc4sc(N)nc34)C[C@@H]21. The van der Waals surface area contributed by atoms with Gasteiger partial charge in [-0.1, -0.05) is 41.5 Å². The Labute approximate surface area is 223 Å². The van der Waals surface area contributed by atoms with E-state index >= 15 is 0 Å². The van der Waals surface area contributed by atoms with Crippen molar-refractivity contribution in [2.24, 2.45) is 0 Å². The van der Waals surface area contributed by atoms with Gasteiger partial charge in [0.25, 0.3) is 0 Å². The molecule has 2 saturated heterocycles. The van der Waals surface area contributed by atoms with Crippen LogP contribution < -0.4 is 15.8 Å². The van der Waals surface area contributed by atoms with Crippen LogP contribution in [0.5, 0.6) is 5.75 Å². The second kappa shape index (κ2) is 10.6. The van der Waals surface area contributed by atoms with Gasteiger partial charge in [-0.25, -0.2) is 14.8 Å². The van der Waals surface area contributed by atoms with Crippen LogP contribution in [0.15, 0.2) is 42.5 Å². The van der Waals surface area contributed by atoms with Crippen molar-refractivity contribution in [3.63, 3.8) is 0 Å². The Morgan fingerprint density at radius 2 is 2.03 bits per heavy atom. The number of piperazine rings is 1. The first-order valence-corrected chi connectivity index (χ1v) is 12.8. The number of nitrogens with two attached hydrogens (primary N) is 1. The zero-order chi connectivity index (χ0) is 26.8. The molecule has 0 spiro atoms. The van der Waals surface area contributed by atoms with Crippen LogP contribution in [0.1, 0.15) is 11.1 Å². The molecule has 0 radical (unpaired) electrons. The molecule has 2 aromatic carbocycles. The first-order chi connectivity index (χ1) is 18.4. The Balaban J connectivity index is 1.32. The number of amides is 4. The fourth-order valence-electron chi connectivity index (χ4n) is 4.73. The summed E-state index contributed by atoms with van der Waals surface area (Å²) in [5.41, 5.74) is 8.41. The number of ether oxygens (including phenoxy) is 1. The lowest BCUT2D eigenvalue weighted by Crippen LogP contribution is -2.62. The summed E-state index contributed by atoms with van der Waals surface area (Å²) in [4.78, 5) is 46.7. The summed E-state index contributed by atoms with van der Waals surface area (Å²) in [6.07, 6.45) is 5.06. The van der Waals surface area contributed by atoms with Crippen LogP contribution in [0.4, 0.5) is 9.93 Å². The van der Waals surface area contributed by atoms with E-state index in [9.17, 15) is 14.4 Å². The first-order valence-electron chi connectivity index (χ1n) is 12.0. The van der Waals surface area contributed by atoms with Crippen molar-refractivity contribution in [2.45, 2.75) is 19.3 Å². The minimum Gasteiger partial charge on any atom is -0.497 e. The maximum atomic E-state index is 13.2. The number of nitrogen functional groups attached to an aromatic ring is 1. The molecular weight excluding hydrogens is 506 g/mol. The number of hydrogen-bond donors (Lipinski definition) is 2. The number of nitrogens with zero attached hydrogens (tertiary/aromatic N) is 5. The van der Waals surface area contributed by atoms with Crippen LogP contribution in [0, 0.1) is 12.3 Å². The number of hydrazine groups is 1. The van der Waals surface area contributed by atoms with Gasteiger partial charge in [0.15, 0.2) is 5.13 Å². The molecule has 0 saturated carbocycles. The van der Waals surface area contributed by atoms with E-state index in [2.05, 4.69) is 16.2 Å². The minimum atomic E-state index is -0.528. The summed E-state index contributed by atoms with van der Waals surface area (Å²) < 4.78 is 6.11. The zero-order valence-electron chi connectivity index (χ0n) is 20.8. The summed E-state index contributed by atoms with van der Waals surface area (Å²) in [6, 6.07) is 12.7. The van der Waals surface area contributed by atoms with Crippen LogP contribution in [-0.4, -0.2) is 82.1 Å². The van der Waals surface area contributed by atoms with E-state index in [0.717, 1.165) is 27.1 Å². The fraction of sp³-hybridized carbons (Fsp3) is 0.308. The Kier molecular flexibility index (Phi) is 7.04. The van der Waals surface area contributed by atoms with E-state index in [0.29, 0.717) is 11.7 Å². The number of benzene rings is 2. The lowest BCUT2D eigenvalue weighted by atomic mass is 10.1. The lowest BCUT2D eigenvalue weighted by Gasteiger charge is -2.42. The van der Waals surface area contributed by atoms with Gasteiger partial charge in [-0.2, -0.15) is 5.01 Å². The van der Waals surface area contributed by atoms with Gasteiger partial charge in [0, 0.05) is 13.1 Å². The molecule has 2 aliphatic rings. The summed E-state index contributed by atoms with van der Waals surface area (Å²) >= 11 is 1.39. The van der Waals surface area contributed by atoms with Gasteiger partial charge >= 0.3 is 6.03 Å². The summed E-state index contributed by atoms with van der Waals surface area (Å²) in [6.45, 7) is 0.634. The molecule has 3 heterocycles. The number of carbonyl (C=O) groups excluding carboxylic acids is 3.